The summed E-state index contributed by atoms with van der Waals surface area (Å²) in [6.07, 6.45) is 2.85. The second-order valence-electron chi connectivity index (χ2n) is 4.89. The Kier molecular flexibility index (Phi) is 3.47. The molecule has 3 heteroatoms. The van der Waals surface area contributed by atoms with Crippen LogP contribution in [0.15, 0.2) is 42.6 Å². The first kappa shape index (κ1) is 12.2. The van der Waals surface area contributed by atoms with Crippen LogP contribution in [0.4, 0.5) is 0 Å². The number of rotatable bonds is 4. The molecule has 0 saturated heterocycles. The molecule has 1 unspecified atom stereocenters. The molecule has 0 bridgehead atoms. The van der Waals surface area contributed by atoms with Gasteiger partial charge >= 0.3 is 0 Å². The molecular formula is C16H18N2O. The summed E-state index contributed by atoms with van der Waals surface area (Å²) >= 11 is 0. The standard InChI is InChI=1S/C16H18N2O/c1-12(18-11-15-4-2-3-8-17-15)13-5-6-16-14(10-13)7-9-19-16/h2-6,8,10,12,18H,7,9,11H2,1H3. The number of benzene rings is 1. The first-order chi connectivity index (χ1) is 9.33. The van der Waals surface area contributed by atoms with E-state index in [1.165, 1.54) is 11.1 Å². The molecule has 0 saturated carbocycles. The van der Waals surface area contributed by atoms with E-state index in [0.29, 0.717) is 6.04 Å². The Morgan fingerprint density at radius 1 is 1.32 bits per heavy atom. The lowest BCUT2D eigenvalue weighted by atomic mass is 10.0. The van der Waals surface area contributed by atoms with Crippen LogP contribution in [-0.2, 0) is 13.0 Å². The van der Waals surface area contributed by atoms with E-state index in [1.807, 2.05) is 24.4 Å². The summed E-state index contributed by atoms with van der Waals surface area (Å²) in [5.41, 5.74) is 3.70. The van der Waals surface area contributed by atoms with Gasteiger partial charge in [0.2, 0.25) is 0 Å². The number of hydrogen-bond acceptors (Lipinski definition) is 3. The molecule has 1 N–H and O–H groups in total. The fourth-order valence-corrected chi connectivity index (χ4v) is 2.35. The van der Waals surface area contributed by atoms with Crippen molar-refractivity contribution >= 4 is 0 Å². The Bertz CT molecular complexity index is 554. The molecular weight excluding hydrogens is 236 g/mol. The second kappa shape index (κ2) is 5.41. The van der Waals surface area contributed by atoms with Crippen molar-refractivity contribution in [2.75, 3.05) is 6.61 Å². The summed E-state index contributed by atoms with van der Waals surface area (Å²) in [6, 6.07) is 12.8. The molecule has 1 aliphatic rings. The second-order valence-corrected chi connectivity index (χ2v) is 4.89. The maximum Gasteiger partial charge on any atom is 0.122 e. The van der Waals surface area contributed by atoms with Gasteiger partial charge in [-0.3, -0.25) is 4.98 Å². The highest BCUT2D eigenvalue weighted by molar-refractivity contribution is 5.40. The molecule has 0 aliphatic carbocycles. The van der Waals surface area contributed by atoms with Crippen molar-refractivity contribution in [3.8, 4) is 5.75 Å². The first-order valence-corrected chi connectivity index (χ1v) is 6.72. The van der Waals surface area contributed by atoms with E-state index < -0.39 is 0 Å². The zero-order valence-corrected chi connectivity index (χ0v) is 11.1. The van der Waals surface area contributed by atoms with Gasteiger partial charge in [0.05, 0.1) is 12.3 Å². The predicted octanol–water partition coefficient (Wildman–Crippen LogP) is 2.87. The van der Waals surface area contributed by atoms with E-state index in [2.05, 4.69) is 35.4 Å². The zero-order valence-electron chi connectivity index (χ0n) is 11.1. The molecule has 0 amide bonds. The van der Waals surface area contributed by atoms with Crippen molar-refractivity contribution < 1.29 is 4.74 Å². The number of aromatic nitrogens is 1. The van der Waals surface area contributed by atoms with Gasteiger partial charge in [-0.2, -0.15) is 0 Å². The lowest BCUT2D eigenvalue weighted by Crippen LogP contribution is -2.18. The summed E-state index contributed by atoms with van der Waals surface area (Å²) < 4.78 is 5.53. The van der Waals surface area contributed by atoms with Crippen LogP contribution in [0, 0.1) is 0 Å². The van der Waals surface area contributed by atoms with Crippen molar-refractivity contribution in [3.63, 3.8) is 0 Å². The van der Waals surface area contributed by atoms with Crippen molar-refractivity contribution in [3.05, 3.63) is 59.4 Å². The van der Waals surface area contributed by atoms with Crippen molar-refractivity contribution in [2.24, 2.45) is 0 Å². The number of pyridine rings is 1. The zero-order chi connectivity index (χ0) is 13.1. The van der Waals surface area contributed by atoms with E-state index in [4.69, 9.17) is 4.74 Å². The van der Waals surface area contributed by atoms with Crippen LogP contribution < -0.4 is 10.1 Å². The summed E-state index contributed by atoms with van der Waals surface area (Å²) in [7, 11) is 0. The van der Waals surface area contributed by atoms with E-state index in [-0.39, 0.29) is 0 Å². The Hall–Kier alpha value is -1.87. The minimum absolute atomic E-state index is 0.313. The Morgan fingerprint density at radius 2 is 2.26 bits per heavy atom. The number of nitrogens with zero attached hydrogens (tertiary/aromatic N) is 1. The van der Waals surface area contributed by atoms with Crippen LogP contribution in [-0.4, -0.2) is 11.6 Å². The van der Waals surface area contributed by atoms with Crippen LogP contribution in [0.1, 0.15) is 29.8 Å². The number of ether oxygens (including phenoxy) is 1. The molecule has 2 heterocycles. The molecule has 1 atom stereocenters. The Balaban J connectivity index is 1.65. The molecule has 98 valence electrons. The number of nitrogens with one attached hydrogen (secondary N) is 1. The van der Waals surface area contributed by atoms with Gasteiger partial charge in [0.25, 0.3) is 0 Å². The lowest BCUT2D eigenvalue weighted by Gasteiger charge is -2.15. The smallest absolute Gasteiger partial charge is 0.122 e. The summed E-state index contributed by atoms with van der Waals surface area (Å²) in [5, 5.41) is 3.50. The molecule has 1 aromatic heterocycles. The monoisotopic (exact) mass is 254 g/mol. The van der Waals surface area contributed by atoms with E-state index in [9.17, 15) is 0 Å². The summed E-state index contributed by atoms with van der Waals surface area (Å²) in [5.74, 6) is 1.04. The van der Waals surface area contributed by atoms with Gasteiger partial charge in [0, 0.05) is 25.2 Å². The fraction of sp³-hybridized carbons (Fsp3) is 0.312. The molecule has 3 rings (SSSR count). The van der Waals surface area contributed by atoms with Gasteiger partial charge in [-0.15, -0.1) is 0 Å². The van der Waals surface area contributed by atoms with Gasteiger partial charge in [-0.05, 0) is 36.2 Å². The molecule has 1 aromatic carbocycles. The fourth-order valence-electron chi connectivity index (χ4n) is 2.35. The van der Waals surface area contributed by atoms with Gasteiger partial charge in [0.15, 0.2) is 0 Å². The topological polar surface area (TPSA) is 34.2 Å². The van der Waals surface area contributed by atoms with E-state index >= 15 is 0 Å². The van der Waals surface area contributed by atoms with Crippen LogP contribution >= 0.6 is 0 Å². The van der Waals surface area contributed by atoms with Crippen molar-refractivity contribution in [1.82, 2.24) is 10.3 Å². The largest absolute Gasteiger partial charge is 0.493 e. The van der Waals surface area contributed by atoms with Gasteiger partial charge in [-0.1, -0.05) is 18.2 Å². The van der Waals surface area contributed by atoms with E-state index in [1.54, 1.807) is 0 Å². The molecule has 3 nitrogen and oxygen atoms in total. The lowest BCUT2D eigenvalue weighted by molar-refractivity contribution is 0.356. The molecule has 2 aromatic rings. The quantitative estimate of drug-likeness (QED) is 0.911. The van der Waals surface area contributed by atoms with Crippen LogP contribution in [0.5, 0.6) is 5.75 Å². The molecule has 19 heavy (non-hydrogen) atoms. The molecule has 1 aliphatic heterocycles. The third kappa shape index (κ3) is 2.76. The maximum atomic E-state index is 5.53. The normalized spacial score (nSPS) is 14.8. The summed E-state index contributed by atoms with van der Waals surface area (Å²) in [4.78, 5) is 4.32. The summed E-state index contributed by atoms with van der Waals surface area (Å²) in [6.45, 7) is 3.78. The highest BCUT2D eigenvalue weighted by atomic mass is 16.5. The minimum atomic E-state index is 0.313. The minimum Gasteiger partial charge on any atom is -0.493 e. The first-order valence-electron chi connectivity index (χ1n) is 6.72. The number of hydrogen-bond donors (Lipinski definition) is 1. The highest BCUT2D eigenvalue weighted by Crippen LogP contribution is 2.28. The van der Waals surface area contributed by atoms with Crippen molar-refractivity contribution in [2.45, 2.75) is 25.9 Å². The molecule has 0 radical (unpaired) electrons. The Labute approximate surface area is 113 Å². The third-order valence-corrected chi connectivity index (χ3v) is 3.53. The van der Waals surface area contributed by atoms with Crippen LogP contribution in [0.25, 0.3) is 0 Å². The SMILES string of the molecule is CC(NCc1ccccn1)c1ccc2c(c1)CCO2. The predicted molar refractivity (Wildman–Crippen MR) is 75.1 cm³/mol. The van der Waals surface area contributed by atoms with E-state index in [0.717, 1.165) is 31.0 Å². The van der Waals surface area contributed by atoms with Gasteiger partial charge in [0.1, 0.15) is 5.75 Å². The van der Waals surface area contributed by atoms with Gasteiger partial charge in [-0.25, -0.2) is 0 Å². The van der Waals surface area contributed by atoms with Crippen LogP contribution in [0.3, 0.4) is 0 Å². The molecule has 0 spiro atoms. The third-order valence-electron chi connectivity index (χ3n) is 3.53. The van der Waals surface area contributed by atoms with Gasteiger partial charge < -0.3 is 10.1 Å². The van der Waals surface area contributed by atoms with Crippen LogP contribution in [0.2, 0.25) is 0 Å². The van der Waals surface area contributed by atoms with Crippen molar-refractivity contribution in [1.29, 1.82) is 0 Å². The Morgan fingerprint density at radius 3 is 3.11 bits per heavy atom. The average Bonchev–Trinajstić information content (AvgIpc) is 2.93. The number of fused-ring (bicyclic) bond motifs is 1. The maximum absolute atomic E-state index is 5.53. The highest BCUT2D eigenvalue weighted by Gasteiger charge is 2.14. The molecule has 0 fully saturated rings. The average molecular weight is 254 g/mol.